The largest absolute Gasteiger partial charge is 0.356 e. The van der Waals surface area contributed by atoms with Gasteiger partial charge in [-0.05, 0) is 42.5 Å². The van der Waals surface area contributed by atoms with E-state index in [1.54, 1.807) is 18.4 Å². The summed E-state index contributed by atoms with van der Waals surface area (Å²) in [4.78, 5) is 5.34. The fourth-order valence-corrected chi connectivity index (χ4v) is 2.89. The molecule has 0 spiro atoms. The molecule has 6 heteroatoms. The summed E-state index contributed by atoms with van der Waals surface area (Å²) in [6, 6.07) is 5.97. The molecule has 0 saturated heterocycles. The first kappa shape index (κ1) is 16.4. The summed E-state index contributed by atoms with van der Waals surface area (Å²) in [5.74, 6) is -0.414. The van der Waals surface area contributed by atoms with Crippen LogP contribution in [0.3, 0.4) is 0 Å². The van der Waals surface area contributed by atoms with Gasteiger partial charge in [0, 0.05) is 24.0 Å². The van der Waals surface area contributed by atoms with E-state index < -0.39 is 11.6 Å². The molecule has 2 rings (SSSR count). The average Bonchev–Trinajstić information content (AvgIpc) is 2.90. The Morgan fingerprint density at radius 2 is 1.91 bits per heavy atom. The Balaban J connectivity index is 1.83. The molecule has 0 unspecified atom stereocenters. The Morgan fingerprint density at radius 1 is 1.18 bits per heavy atom. The second-order valence-electron chi connectivity index (χ2n) is 4.83. The normalized spacial score (nSPS) is 11.5. The van der Waals surface area contributed by atoms with Crippen LogP contribution < -0.4 is 10.6 Å². The van der Waals surface area contributed by atoms with Gasteiger partial charge in [0.15, 0.2) is 5.96 Å². The van der Waals surface area contributed by atoms with Gasteiger partial charge in [-0.15, -0.1) is 11.3 Å². The molecule has 3 nitrogen and oxygen atoms in total. The van der Waals surface area contributed by atoms with Crippen molar-refractivity contribution in [2.24, 2.45) is 4.99 Å². The topological polar surface area (TPSA) is 36.4 Å². The van der Waals surface area contributed by atoms with Crippen molar-refractivity contribution in [3.63, 3.8) is 0 Å². The third-order valence-corrected chi connectivity index (χ3v) is 4.36. The van der Waals surface area contributed by atoms with Crippen molar-refractivity contribution in [2.75, 3.05) is 13.6 Å². The van der Waals surface area contributed by atoms with Gasteiger partial charge in [0.2, 0.25) is 0 Å². The van der Waals surface area contributed by atoms with Crippen LogP contribution in [0.2, 0.25) is 0 Å². The molecule has 0 saturated carbocycles. The highest BCUT2D eigenvalue weighted by atomic mass is 32.1. The molecule has 22 heavy (non-hydrogen) atoms. The lowest BCUT2D eigenvalue weighted by Crippen LogP contribution is -2.38. The summed E-state index contributed by atoms with van der Waals surface area (Å²) < 4.78 is 27.0. The summed E-state index contributed by atoms with van der Waals surface area (Å²) in [5, 5.41) is 8.30. The van der Waals surface area contributed by atoms with Crippen molar-refractivity contribution in [2.45, 2.75) is 19.9 Å². The Kier molecular flexibility index (Phi) is 5.89. The lowest BCUT2D eigenvalue weighted by Gasteiger charge is -2.12. The molecule has 1 aromatic carbocycles. The van der Waals surface area contributed by atoms with Crippen molar-refractivity contribution < 1.29 is 8.78 Å². The zero-order chi connectivity index (χ0) is 15.9. The van der Waals surface area contributed by atoms with Crippen molar-refractivity contribution in [1.29, 1.82) is 0 Å². The highest BCUT2D eigenvalue weighted by molar-refractivity contribution is 7.10. The van der Waals surface area contributed by atoms with Crippen LogP contribution in [0.4, 0.5) is 8.78 Å². The number of hydrogen-bond acceptors (Lipinski definition) is 2. The number of hydrogen-bond donors (Lipinski definition) is 2. The highest BCUT2D eigenvalue weighted by Crippen LogP contribution is 2.14. The maximum Gasteiger partial charge on any atom is 0.191 e. The van der Waals surface area contributed by atoms with Crippen LogP contribution in [0.5, 0.6) is 0 Å². The molecule has 1 aromatic heterocycles. The van der Waals surface area contributed by atoms with Crippen LogP contribution in [0.25, 0.3) is 0 Å². The van der Waals surface area contributed by atoms with E-state index in [1.165, 1.54) is 28.6 Å². The standard InChI is InChI=1S/C16H19F2N3S/c1-11-7-9-22-15(11)10-21-16(19-2)20-8-6-12-13(17)4-3-5-14(12)18/h3-5,7,9H,6,8,10H2,1-2H3,(H2,19,20,21). The van der Waals surface area contributed by atoms with E-state index in [2.05, 4.69) is 28.6 Å². The zero-order valence-electron chi connectivity index (χ0n) is 12.6. The maximum atomic E-state index is 13.5. The van der Waals surface area contributed by atoms with E-state index in [0.717, 1.165) is 0 Å². The lowest BCUT2D eigenvalue weighted by atomic mass is 10.1. The van der Waals surface area contributed by atoms with Gasteiger partial charge in [0.25, 0.3) is 0 Å². The number of nitrogens with one attached hydrogen (secondary N) is 2. The minimum atomic E-state index is -0.515. The van der Waals surface area contributed by atoms with Gasteiger partial charge in [0.1, 0.15) is 11.6 Å². The molecule has 2 N–H and O–H groups in total. The molecular formula is C16H19F2N3S. The molecular weight excluding hydrogens is 304 g/mol. The van der Waals surface area contributed by atoms with E-state index in [1.807, 2.05) is 5.38 Å². The van der Waals surface area contributed by atoms with Crippen LogP contribution in [0.1, 0.15) is 16.0 Å². The van der Waals surface area contributed by atoms with Crippen molar-refractivity contribution in [3.05, 3.63) is 57.3 Å². The summed E-state index contributed by atoms with van der Waals surface area (Å²) in [7, 11) is 1.67. The Bertz CT molecular complexity index is 632. The number of aliphatic imine (C=N–C) groups is 1. The second-order valence-corrected chi connectivity index (χ2v) is 5.83. The molecule has 0 aliphatic rings. The minimum absolute atomic E-state index is 0.0968. The monoisotopic (exact) mass is 323 g/mol. The predicted octanol–water partition coefficient (Wildman–Crippen LogP) is 3.24. The molecule has 0 atom stereocenters. The second kappa shape index (κ2) is 7.89. The Morgan fingerprint density at radius 3 is 2.50 bits per heavy atom. The van der Waals surface area contributed by atoms with Crippen LogP contribution in [-0.4, -0.2) is 19.6 Å². The number of halogens is 2. The smallest absolute Gasteiger partial charge is 0.191 e. The quantitative estimate of drug-likeness (QED) is 0.655. The van der Waals surface area contributed by atoms with Gasteiger partial charge in [-0.3, -0.25) is 4.99 Å². The van der Waals surface area contributed by atoms with Gasteiger partial charge in [-0.25, -0.2) is 8.78 Å². The highest BCUT2D eigenvalue weighted by Gasteiger charge is 2.08. The predicted molar refractivity (Wildman–Crippen MR) is 87.3 cm³/mol. The minimum Gasteiger partial charge on any atom is -0.356 e. The number of thiophene rings is 1. The van der Waals surface area contributed by atoms with Crippen molar-refractivity contribution in [3.8, 4) is 0 Å². The fraction of sp³-hybridized carbons (Fsp3) is 0.312. The average molecular weight is 323 g/mol. The Labute approximate surface area is 133 Å². The number of guanidine groups is 1. The molecule has 0 aliphatic carbocycles. The van der Waals surface area contributed by atoms with Crippen LogP contribution in [0, 0.1) is 18.6 Å². The van der Waals surface area contributed by atoms with E-state index in [0.29, 0.717) is 19.0 Å². The van der Waals surface area contributed by atoms with Gasteiger partial charge in [-0.2, -0.15) is 0 Å². The molecule has 0 bridgehead atoms. The first-order valence-electron chi connectivity index (χ1n) is 7.02. The van der Waals surface area contributed by atoms with Crippen LogP contribution >= 0.6 is 11.3 Å². The number of benzene rings is 1. The van der Waals surface area contributed by atoms with Gasteiger partial charge in [-0.1, -0.05) is 6.07 Å². The first-order valence-corrected chi connectivity index (χ1v) is 7.90. The molecule has 0 aliphatic heterocycles. The van der Waals surface area contributed by atoms with E-state index in [-0.39, 0.29) is 12.0 Å². The molecule has 2 aromatic rings. The van der Waals surface area contributed by atoms with Gasteiger partial charge >= 0.3 is 0 Å². The molecule has 118 valence electrons. The number of nitrogens with zero attached hydrogens (tertiary/aromatic N) is 1. The summed E-state index contributed by atoms with van der Waals surface area (Å²) >= 11 is 1.68. The Hall–Kier alpha value is -1.95. The maximum absolute atomic E-state index is 13.5. The molecule has 0 amide bonds. The van der Waals surface area contributed by atoms with Crippen LogP contribution in [0.15, 0.2) is 34.6 Å². The summed E-state index contributed by atoms with van der Waals surface area (Å²) in [5.41, 5.74) is 1.33. The SMILES string of the molecule is CN=C(NCCc1c(F)cccc1F)NCc1sccc1C. The first-order chi connectivity index (χ1) is 10.6. The number of rotatable bonds is 5. The third kappa shape index (κ3) is 4.27. The molecule has 0 radical (unpaired) electrons. The number of aryl methyl sites for hydroxylation is 1. The van der Waals surface area contributed by atoms with E-state index in [4.69, 9.17) is 0 Å². The van der Waals surface area contributed by atoms with Crippen molar-refractivity contribution in [1.82, 2.24) is 10.6 Å². The summed E-state index contributed by atoms with van der Waals surface area (Å²) in [6.07, 6.45) is 0.261. The van der Waals surface area contributed by atoms with Gasteiger partial charge < -0.3 is 10.6 Å². The lowest BCUT2D eigenvalue weighted by molar-refractivity contribution is 0.553. The van der Waals surface area contributed by atoms with Gasteiger partial charge in [0.05, 0.1) is 6.54 Å². The van der Waals surface area contributed by atoms with Crippen molar-refractivity contribution >= 4 is 17.3 Å². The van der Waals surface area contributed by atoms with E-state index >= 15 is 0 Å². The molecule has 0 fully saturated rings. The van der Waals surface area contributed by atoms with Crippen LogP contribution in [-0.2, 0) is 13.0 Å². The summed E-state index contributed by atoms with van der Waals surface area (Å²) in [6.45, 7) is 3.14. The van der Waals surface area contributed by atoms with E-state index in [9.17, 15) is 8.78 Å². The fourth-order valence-electron chi connectivity index (χ4n) is 2.05. The molecule has 1 heterocycles. The third-order valence-electron chi connectivity index (χ3n) is 3.34. The zero-order valence-corrected chi connectivity index (χ0v) is 13.4.